The minimum Gasteiger partial charge on any atom is -0.462 e. The maximum atomic E-state index is 12.7. The molecule has 1 rings (SSSR count). The summed E-state index contributed by atoms with van der Waals surface area (Å²) in [4.78, 5) is 10.8. The molecule has 0 fully saturated rings. The van der Waals surface area contributed by atoms with E-state index in [2.05, 4.69) is 0 Å². The highest BCUT2D eigenvalue weighted by Crippen LogP contribution is 2.21. The first kappa shape index (κ1) is 11.7. The summed E-state index contributed by atoms with van der Waals surface area (Å²) < 4.78 is 17.7. The number of esters is 1. The summed E-state index contributed by atoms with van der Waals surface area (Å²) in [5.74, 6) is -0.489. The topological polar surface area (TPSA) is 26.3 Å². The minimum atomic E-state index is -0.295. The first-order chi connectivity index (χ1) is 7.00. The number of carbonyl (C=O) groups is 1. The summed E-state index contributed by atoms with van der Waals surface area (Å²) in [7, 11) is 0. The first-order valence-corrected chi connectivity index (χ1v) is 4.93. The molecule has 0 bridgehead atoms. The van der Waals surface area contributed by atoms with Gasteiger partial charge in [0.1, 0.15) is 11.9 Å². The van der Waals surface area contributed by atoms with E-state index in [1.807, 2.05) is 13.8 Å². The molecule has 0 unspecified atom stereocenters. The molecule has 0 aliphatic rings. The number of rotatable bonds is 3. The van der Waals surface area contributed by atoms with Crippen molar-refractivity contribution in [3.05, 3.63) is 35.6 Å². The number of ether oxygens (including phenoxy) is 1. The normalized spacial score (nSPS) is 14.4. The molecule has 0 radical (unpaired) electrons. The van der Waals surface area contributed by atoms with Crippen LogP contribution in [0, 0.1) is 5.82 Å². The summed E-state index contributed by atoms with van der Waals surface area (Å²) in [6.07, 6.45) is -0.201. The molecule has 2 nitrogen and oxygen atoms in total. The Hall–Kier alpha value is -1.38. The van der Waals surface area contributed by atoms with E-state index in [4.69, 9.17) is 4.74 Å². The van der Waals surface area contributed by atoms with Gasteiger partial charge in [-0.15, -0.1) is 0 Å². The van der Waals surface area contributed by atoms with Crippen molar-refractivity contribution in [2.45, 2.75) is 32.8 Å². The van der Waals surface area contributed by atoms with E-state index in [-0.39, 0.29) is 23.8 Å². The van der Waals surface area contributed by atoms with Gasteiger partial charge in [-0.25, -0.2) is 4.39 Å². The summed E-state index contributed by atoms with van der Waals surface area (Å²) in [6, 6.07) is 6.23. The lowest BCUT2D eigenvalue weighted by Crippen LogP contribution is -2.19. The van der Waals surface area contributed by atoms with Crippen LogP contribution < -0.4 is 0 Å². The number of benzene rings is 1. The van der Waals surface area contributed by atoms with Crippen molar-refractivity contribution in [1.82, 2.24) is 0 Å². The Morgan fingerprint density at radius 3 is 2.27 bits per heavy atom. The van der Waals surface area contributed by atoms with Gasteiger partial charge in [0.25, 0.3) is 0 Å². The van der Waals surface area contributed by atoms with Gasteiger partial charge in [-0.05, 0) is 24.6 Å². The van der Waals surface area contributed by atoms with Crippen LogP contribution in [0.4, 0.5) is 4.39 Å². The Morgan fingerprint density at radius 1 is 1.27 bits per heavy atom. The van der Waals surface area contributed by atoms with Gasteiger partial charge in [-0.3, -0.25) is 4.79 Å². The van der Waals surface area contributed by atoms with Crippen LogP contribution in [0.5, 0.6) is 0 Å². The number of halogens is 1. The van der Waals surface area contributed by atoms with Crippen LogP contribution >= 0.6 is 0 Å². The molecule has 0 aliphatic carbocycles. The third-order valence-electron chi connectivity index (χ3n) is 2.45. The van der Waals surface area contributed by atoms with Gasteiger partial charge in [0.2, 0.25) is 0 Å². The lowest BCUT2D eigenvalue weighted by atomic mass is 9.96. The lowest BCUT2D eigenvalue weighted by molar-refractivity contribution is -0.146. The fourth-order valence-electron chi connectivity index (χ4n) is 1.40. The Labute approximate surface area is 89.1 Å². The van der Waals surface area contributed by atoms with Crippen LogP contribution in [0.15, 0.2) is 24.3 Å². The number of hydrogen-bond acceptors (Lipinski definition) is 2. The second-order valence-corrected chi connectivity index (χ2v) is 3.65. The van der Waals surface area contributed by atoms with Crippen LogP contribution in [0.2, 0.25) is 0 Å². The quantitative estimate of drug-likeness (QED) is 0.717. The Kier molecular flexibility index (Phi) is 3.83. The van der Waals surface area contributed by atoms with Crippen molar-refractivity contribution < 1.29 is 13.9 Å². The molecule has 0 spiro atoms. The second kappa shape index (κ2) is 4.91. The van der Waals surface area contributed by atoms with Crippen LogP contribution in [-0.2, 0) is 9.53 Å². The summed E-state index contributed by atoms with van der Waals surface area (Å²) >= 11 is 0. The van der Waals surface area contributed by atoms with Gasteiger partial charge in [0, 0.05) is 12.8 Å². The van der Waals surface area contributed by atoms with Crippen LogP contribution in [0.3, 0.4) is 0 Å². The Bertz CT molecular complexity index is 332. The van der Waals surface area contributed by atoms with Crippen LogP contribution in [-0.4, -0.2) is 12.1 Å². The number of carbonyl (C=O) groups excluding carboxylic acids is 1. The van der Waals surface area contributed by atoms with Crippen LogP contribution in [0.1, 0.15) is 32.3 Å². The van der Waals surface area contributed by atoms with Gasteiger partial charge in [-0.1, -0.05) is 19.1 Å². The van der Waals surface area contributed by atoms with Crippen LogP contribution in [0.25, 0.3) is 0 Å². The molecular formula is C12H15FO2. The molecule has 1 aromatic rings. The third kappa shape index (κ3) is 3.35. The summed E-state index contributed by atoms with van der Waals surface area (Å²) in [5.41, 5.74) is 0.963. The number of hydrogen-bond donors (Lipinski definition) is 0. The second-order valence-electron chi connectivity index (χ2n) is 3.65. The van der Waals surface area contributed by atoms with E-state index in [0.717, 1.165) is 5.56 Å². The Morgan fingerprint density at radius 2 is 1.80 bits per heavy atom. The molecule has 0 aliphatic heterocycles. The summed E-state index contributed by atoms with van der Waals surface area (Å²) in [6.45, 7) is 5.16. The van der Waals surface area contributed by atoms with E-state index in [9.17, 15) is 9.18 Å². The molecule has 0 saturated heterocycles. The SMILES string of the molecule is CC(=O)O[C@@H](C)[C@H](C)c1ccc(F)cc1. The van der Waals surface area contributed by atoms with E-state index in [1.54, 1.807) is 12.1 Å². The highest BCUT2D eigenvalue weighted by Gasteiger charge is 2.16. The zero-order chi connectivity index (χ0) is 11.4. The maximum absolute atomic E-state index is 12.7. The predicted octanol–water partition coefficient (Wildman–Crippen LogP) is 2.88. The van der Waals surface area contributed by atoms with E-state index in [0.29, 0.717) is 0 Å². The fourth-order valence-corrected chi connectivity index (χ4v) is 1.40. The van der Waals surface area contributed by atoms with Gasteiger partial charge >= 0.3 is 5.97 Å². The van der Waals surface area contributed by atoms with Crippen molar-refractivity contribution in [2.75, 3.05) is 0 Å². The molecule has 3 heteroatoms. The summed E-state index contributed by atoms with van der Waals surface area (Å²) in [5, 5.41) is 0. The van der Waals surface area contributed by atoms with Gasteiger partial charge in [0.15, 0.2) is 0 Å². The highest BCUT2D eigenvalue weighted by molar-refractivity contribution is 5.66. The Balaban J connectivity index is 2.71. The molecular weight excluding hydrogens is 195 g/mol. The van der Waals surface area contributed by atoms with E-state index < -0.39 is 0 Å². The standard InChI is InChI=1S/C12H15FO2/c1-8(9(2)15-10(3)14)11-4-6-12(13)7-5-11/h4-9H,1-3H3/t8-,9-/m0/s1. The smallest absolute Gasteiger partial charge is 0.302 e. The predicted molar refractivity (Wildman–Crippen MR) is 56.0 cm³/mol. The molecule has 2 atom stereocenters. The molecule has 15 heavy (non-hydrogen) atoms. The zero-order valence-electron chi connectivity index (χ0n) is 9.16. The third-order valence-corrected chi connectivity index (χ3v) is 2.45. The molecule has 0 aromatic heterocycles. The minimum absolute atomic E-state index is 0.0644. The molecule has 82 valence electrons. The molecule has 1 aromatic carbocycles. The van der Waals surface area contributed by atoms with Gasteiger partial charge in [0.05, 0.1) is 0 Å². The lowest BCUT2D eigenvalue weighted by Gasteiger charge is -2.19. The maximum Gasteiger partial charge on any atom is 0.302 e. The van der Waals surface area contributed by atoms with E-state index in [1.165, 1.54) is 19.1 Å². The van der Waals surface area contributed by atoms with Gasteiger partial charge < -0.3 is 4.74 Å². The van der Waals surface area contributed by atoms with Crippen molar-refractivity contribution in [1.29, 1.82) is 0 Å². The van der Waals surface area contributed by atoms with Crippen molar-refractivity contribution >= 4 is 5.97 Å². The average Bonchev–Trinajstić information content (AvgIpc) is 2.17. The van der Waals surface area contributed by atoms with Gasteiger partial charge in [-0.2, -0.15) is 0 Å². The van der Waals surface area contributed by atoms with Crippen molar-refractivity contribution in [3.63, 3.8) is 0 Å². The fraction of sp³-hybridized carbons (Fsp3) is 0.417. The monoisotopic (exact) mass is 210 g/mol. The highest BCUT2D eigenvalue weighted by atomic mass is 19.1. The average molecular weight is 210 g/mol. The first-order valence-electron chi connectivity index (χ1n) is 4.93. The zero-order valence-corrected chi connectivity index (χ0v) is 9.16. The molecule has 0 amide bonds. The van der Waals surface area contributed by atoms with Crippen molar-refractivity contribution in [2.24, 2.45) is 0 Å². The molecule has 0 heterocycles. The molecule has 0 saturated carbocycles. The molecule has 0 N–H and O–H groups in total. The largest absolute Gasteiger partial charge is 0.462 e. The van der Waals surface area contributed by atoms with E-state index >= 15 is 0 Å². The van der Waals surface area contributed by atoms with Crippen molar-refractivity contribution in [3.8, 4) is 0 Å².